The van der Waals surface area contributed by atoms with Gasteiger partial charge in [0.2, 0.25) is 0 Å². The number of hydrogen-bond donors (Lipinski definition) is 1. The van der Waals surface area contributed by atoms with E-state index in [1.165, 1.54) is 0 Å². The average molecular weight is 274 g/mol. The van der Waals surface area contributed by atoms with E-state index in [9.17, 15) is 5.11 Å². The predicted molar refractivity (Wildman–Crippen MR) is 69.6 cm³/mol. The second-order valence-electron chi connectivity index (χ2n) is 5.16. The molecule has 0 amide bonds. The Morgan fingerprint density at radius 3 is 2.56 bits per heavy atom. The molecule has 0 aliphatic carbocycles. The zero-order valence-electron chi connectivity index (χ0n) is 11.1. The average Bonchev–Trinajstić information content (AvgIpc) is 2.69. The van der Waals surface area contributed by atoms with Crippen molar-refractivity contribution in [2.75, 3.05) is 26.3 Å². The molecule has 1 aliphatic heterocycles. The molecule has 0 radical (unpaired) electrons. The second kappa shape index (κ2) is 5.17. The van der Waals surface area contributed by atoms with Crippen molar-refractivity contribution in [2.24, 2.45) is 7.05 Å². The molecule has 1 aromatic rings. The third kappa shape index (κ3) is 2.40. The van der Waals surface area contributed by atoms with E-state index in [4.69, 9.17) is 16.3 Å². The summed E-state index contributed by atoms with van der Waals surface area (Å²) in [7, 11) is 1.79. The number of rotatable bonds is 3. The zero-order valence-corrected chi connectivity index (χ0v) is 11.8. The standard InChI is InChI=1S/C12H20ClN3O2/c1-12(2,16-4-6-18-7-5-16)11(17)10-9(13)8-14-15(10)3/h8,11,17H,4-7H2,1-3H3. The quantitative estimate of drug-likeness (QED) is 0.900. The number of nitrogens with zero attached hydrogens (tertiary/aromatic N) is 3. The van der Waals surface area contributed by atoms with E-state index >= 15 is 0 Å². The van der Waals surface area contributed by atoms with Crippen LogP contribution in [0.25, 0.3) is 0 Å². The molecule has 0 saturated carbocycles. The minimum absolute atomic E-state index is 0.402. The number of halogens is 1. The molecule has 6 heteroatoms. The van der Waals surface area contributed by atoms with Gasteiger partial charge in [-0.15, -0.1) is 0 Å². The molecule has 2 rings (SSSR count). The van der Waals surface area contributed by atoms with Crippen molar-refractivity contribution >= 4 is 11.6 Å². The minimum atomic E-state index is -0.685. The van der Waals surface area contributed by atoms with Crippen LogP contribution in [0.2, 0.25) is 5.02 Å². The summed E-state index contributed by atoms with van der Waals surface area (Å²) in [6.07, 6.45) is 0.880. The van der Waals surface area contributed by atoms with Gasteiger partial charge in [0.05, 0.1) is 30.1 Å². The van der Waals surface area contributed by atoms with E-state index in [1.54, 1.807) is 17.9 Å². The summed E-state index contributed by atoms with van der Waals surface area (Å²) < 4.78 is 6.98. The topological polar surface area (TPSA) is 50.5 Å². The van der Waals surface area contributed by atoms with Crippen molar-refractivity contribution in [1.29, 1.82) is 0 Å². The summed E-state index contributed by atoms with van der Waals surface area (Å²) in [6, 6.07) is 0. The van der Waals surface area contributed by atoms with E-state index in [-0.39, 0.29) is 0 Å². The van der Waals surface area contributed by atoms with E-state index in [0.717, 1.165) is 13.1 Å². The van der Waals surface area contributed by atoms with Gasteiger partial charge in [0.15, 0.2) is 0 Å². The Labute approximate surface area is 112 Å². The summed E-state index contributed by atoms with van der Waals surface area (Å²) in [6.45, 7) is 7.09. The molecule has 1 atom stereocenters. The molecule has 1 saturated heterocycles. The fraction of sp³-hybridized carbons (Fsp3) is 0.750. The number of aromatic nitrogens is 2. The SMILES string of the molecule is Cn1ncc(Cl)c1C(O)C(C)(C)N1CCOCC1. The number of aliphatic hydroxyl groups is 1. The highest BCUT2D eigenvalue weighted by molar-refractivity contribution is 6.31. The number of aliphatic hydroxyl groups excluding tert-OH is 1. The van der Waals surface area contributed by atoms with E-state index in [2.05, 4.69) is 10.00 Å². The highest BCUT2D eigenvalue weighted by Crippen LogP contribution is 2.34. The van der Waals surface area contributed by atoms with Gasteiger partial charge in [-0.05, 0) is 13.8 Å². The number of ether oxygens (including phenoxy) is 1. The van der Waals surface area contributed by atoms with Crippen molar-refractivity contribution in [3.63, 3.8) is 0 Å². The molecular weight excluding hydrogens is 254 g/mol. The van der Waals surface area contributed by atoms with Crippen LogP contribution in [-0.2, 0) is 11.8 Å². The van der Waals surface area contributed by atoms with Crippen LogP contribution in [0.15, 0.2) is 6.20 Å². The summed E-state index contributed by atoms with van der Waals surface area (Å²) >= 11 is 6.10. The number of hydrogen-bond acceptors (Lipinski definition) is 4. The van der Waals surface area contributed by atoms with Crippen LogP contribution < -0.4 is 0 Å². The molecule has 0 bridgehead atoms. The van der Waals surface area contributed by atoms with Crippen LogP contribution in [0.3, 0.4) is 0 Å². The summed E-state index contributed by atoms with van der Waals surface area (Å²) in [4.78, 5) is 2.23. The summed E-state index contributed by atoms with van der Waals surface area (Å²) in [5, 5.41) is 15.2. The van der Waals surface area contributed by atoms with E-state index < -0.39 is 11.6 Å². The van der Waals surface area contributed by atoms with Crippen LogP contribution in [0.1, 0.15) is 25.6 Å². The lowest BCUT2D eigenvalue weighted by Crippen LogP contribution is -2.53. The first-order valence-electron chi connectivity index (χ1n) is 6.13. The van der Waals surface area contributed by atoms with Crippen molar-refractivity contribution in [3.05, 3.63) is 16.9 Å². The maximum atomic E-state index is 10.6. The van der Waals surface area contributed by atoms with Crippen molar-refractivity contribution in [2.45, 2.75) is 25.5 Å². The van der Waals surface area contributed by atoms with Gasteiger partial charge in [0, 0.05) is 25.7 Å². The molecule has 1 aliphatic rings. The van der Waals surface area contributed by atoms with Gasteiger partial charge in [-0.3, -0.25) is 9.58 Å². The monoisotopic (exact) mass is 273 g/mol. The van der Waals surface area contributed by atoms with Crippen LogP contribution >= 0.6 is 11.6 Å². The molecule has 1 aromatic heterocycles. The molecular formula is C12H20ClN3O2. The molecule has 102 valence electrons. The molecule has 2 heterocycles. The number of aryl methyl sites for hydroxylation is 1. The smallest absolute Gasteiger partial charge is 0.115 e. The zero-order chi connectivity index (χ0) is 13.3. The third-order valence-corrected chi connectivity index (χ3v) is 3.98. The third-order valence-electron chi connectivity index (χ3n) is 3.69. The second-order valence-corrected chi connectivity index (χ2v) is 5.56. The maximum absolute atomic E-state index is 10.6. The summed E-state index contributed by atoms with van der Waals surface area (Å²) in [5.41, 5.74) is 0.259. The van der Waals surface area contributed by atoms with Gasteiger partial charge < -0.3 is 9.84 Å². The Morgan fingerprint density at radius 2 is 2.06 bits per heavy atom. The first-order chi connectivity index (χ1) is 8.44. The molecule has 0 aromatic carbocycles. The Kier molecular flexibility index (Phi) is 3.96. The first-order valence-corrected chi connectivity index (χ1v) is 6.50. The maximum Gasteiger partial charge on any atom is 0.115 e. The highest BCUT2D eigenvalue weighted by atomic mass is 35.5. The molecule has 1 fully saturated rings. The Bertz CT molecular complexity index is 394. The minimum Gasteiger partial charge on any atom is -0.385 e. The van der Waals surface area contributed by atoms with Crippen LogP contribution in [0, 0.1) is 0 Å². The van der Waals surface area contributed by atoms with E-state index in [0.29, 0.717) is 23.9 Å². The van der Waals surface area contributed by atoms with Crippen molar-refractivity contribution < 1.29 is 9.84 Å². The first kappa shape index (κ1) is 13.8. The van der Waals surface area contributed by atoms with Gasteiger partial charge in [-0.25, -0.2) is 0 Å². The lowest BCUT2D eigenvalue weighted by molar-refractivity contribution is -0.0652. The van der Waals surface area contributed by atoms with Gasteiger partial charge in [-0.2, -0.15) is 5.10 Å². The molecule has 1 N–H and O–H groups in total. The predicted octanol–water partition coefficient (Wildman–Crippen LogP) is 1.22. The molecule has 0 spiro atoms. The van der Waals surface area contributed by atoms with E-state index in [1.807, 2.05) is 13.8 Å². The largest absolute Gasteiger partial charge is 0.385 e. The van der Waals surface area contributed by atoms with Crippen LogP contribution in [0.4, 0.5) is 0 Å². The fourth-order valence-corrected chi connectivity index (χ4v) is 2.64. The molecule has 5 nitrogen and oxygen atoms in total. The molecule has 18 heavy (non-hydrogen) atoms. The fourth-order valence-electron chi connectivity index (χ4n) is 2.37. The Balaban J connectivity index is 2.23. The molecule has 1 unspecified atom stereocenters. The lowest BCUT2D eigenvalue weighted by atomic mass is 9.92. The Morgan fingerprint density at radius 1 is 1.44 bits per heavy atom. The van der Waals surface area contributed by atoms with Crippen LogP contribution in [0.5, 0.6) is 0 Å². The van der Waals surface area contributed by atoms with Crippen molar-refractivity contribution in [3.8, 4) is 0 Å². The van der Waals surface area contributed by atoms with Gasteiger partial charge in [-0.1, -0.05) is 11.6 Å². The van der Waals surface area contributed by atoms with Crippen LogP contribution in [-0.4, -0.2) is 51.6 Å². The Hall–Kier alpha value is -0.620. The number of morpholine rings is 1. The van der Waals surface area contributed by atoms with Gasteiger partial charge in [0.1, 0.15) is 6.10 Å². The van der Waals surface area contributed by atoms with Gasteiger partial charge in [0.25, 0.3) is 0 Å². The van der Waals surface area contributed by atoms with Gasteiger partial charge >= 0.3 is 0 Å². The lowest BCUT2D eigenvalue weighted by Gasteiger charge is -2.43. The normalized spacial score (nSPS) is 20.1. The summed E-state index contributed by atoms with van der Waals surface area (Å²) in [5.74, 6) is 0. The highest BCUT2D eigenvalue weighted by Gasteiger charge is 2.38. The van der Waals surface area contributed by atoms with Crippen molar-refractivity contribution in [1.82, 2.24) is 14.7 Å².